The highest BCUT2D eigenvalue weighted by Gasteiger charge is 2.11. The van der Waals surface area contributed by atoms with Crippen molar-refractivity contribution >= 4 is 29.3 Å². The van der Waals surface area contributed by atoms with Gasteiger partial charge in [-0.25, -0.2) is 4.79 Å². The van der Waals surface area contributed by atoms with Crippen molar-refractivity contribution < 1.29 is 33.3 Å². The molecule has 0 aliphatic rings. The van der Waals surface area contributed by atoms with E-state index in [1.807, 2.05) is 0 Å². The van der Waals surface area contributed by atoms with Crippen molar-refractivity contribution in [2.45, 2.75) is 13.3 Å². The van der Waals surface area contributed by atoms with Crippen LogP contribution in [-0.2, 0) is 16.0 Å². The highest BCUT2D eigenvalue weighted by atomic mass is 16.7. The molecule has 0 aliphatic heterocycles. The average molecular weight is 479 g/mol. The van der Waals surface area contributed by atoms with Crippen LogP contribution in [-0.4, -0.2) is 38.8 Å². The predicted octanol–water partition coefficient (Wildman–Crippen LogP) is 4.67. The molecule has 0 atom stereocenters. The third-order valence-corrected chi connectivity index (χ3v) is 4.80. The molecule has 0 radical (unpaired) electrons. The summed E-state index contributed by atoms with van der Waals surface area (Å²) in [5, 5.41) is 5.60. The molecule has 0 spiro atoms. The second-order valence-corrected chi connectivity index (χ2v) is 7.26. The summed E-state index contributed by atoms with van der Waals surface area (Å²) in [4.78, 5) is 36.5. The number of hydrogen-bond acceptors (Lipinski definition) is 7. The summed E-state index contributed by atoms with van der Waals surface area (Å²) in [5.74, 6) is 0.808. The van der Waals surface area contributed by atoms with Gasteiger partial charge in [-0.2, -0.15) is 0 Å². The number of carbonyl (C=O) groups is 3. The topological polar surface area (TPSA) is 112 Å². The molecule has 3 rings (SSSR count). The predicted molar refractivity (Wildman–Crippen MR) is 130 cm³/mol. The monoisotopic (exact) mass is 478 g/mol. The normalized spacial score (nSPS) is 10.1. The zero-order valence-corrected chi connectivity index (χ0v) is 19.6. The Balaban J connectivity index is 1.59. The van der Waals surface area contributed by atoms with Crippen LogP contribution in [0.3, 0.4) is 0 Å². The molecule has 0 heterocycles. The maximum Gasteiger partial charge on any atom is 0.513 e. The van der Waals surface area contributed by atoms with Gasteiger partial charge in [0, 0.05) is 16.9 Å². The minimum Gasteiger partial charge on any atom is -0.493 e. The Hall–Kier alpha value is -4.53. The summed E-state index contributed by atoms with van der Waals surface area (Å²) in [5.41, 5.74) is 2.17. The lowest BCUT2D eigenvalue weighted by Crippen LogP contribution is -2.15. The number of ether oxygens (including phenoxy) is 4. The number of hydrogen-bond donors (Lipinski definition) is 2. The third-order valence-electron chi connectivity index (χ3n) is 4.80. The van der Waals surface area contributed by atoms with Gasteiger partial charge in [0.2, 0.25) is 5.91 Å². The average Bonchev–Trinajstić information content (AvgIpc) is 2.84. The minimum absolute atomic E-state index is 0.136. The van der Waals surface area contributed by atoms with Crippen LogP contribution in [0.25, 0.3) is 0 Å². The molecule has 0 saturated carbocycles. The van der Waals surface area contributed by atoms with E-state index in [1.165, 1.54) is 31.4 Å². The van der Waals surface area contributed by atoms with Gasteiger partial charge < -0.3 is 29.6 Å². The van der Waals surface area contributed by atoms with Gasteiger partial charge in [-0.3, -0.25) is 9.59 Å². The van der Waals surface area contributed by atoms with E-state index in [9.17, 15) is 14.4 Å². The van der Waals surface area contributed by atoms with Crippen molar-refractivity contribution in [3.8, 4) is 17.2 Å². The van der Waals surface area contributed by atoms with E-state index < -0.39 is 6.16 Å². The van der Waals surface area contributed by atoms with Crippen molar-refractivity contribution in [1.82, 2.24) is 0 Å². The summed E-state index contributed by atoms with van der Waals surface area (Å²) in [7, 11) is 3.08. The van der Waals surface area contributed by atoms with Crippen LogP contribution < -0.4 is 24.8 Å². The lowest BCUT2D eigenvalue weighted by molar-refractivity contribution is -0.115. The highest BCUT2D eigenvalue weighted by Crippen LogP contribution is 2.28. The first-order valence-corrected chi connectivity index (χ1v) is 10.8. The Kier molecular flexibility index (Phi) is 8.66. The zero-order valence-electron chi connectivity index (χ0n) is 19.6. The van der Waals surface area contributed by atoms with Gasteiger partial charge in [0.05, 0.1) is 27.2 Å². The van der Waals surface area contributed by atoms with Crippen LogP contribution in [0.2, 0.25) is 0 Å². The number of rotatable bonds is 9. The Morgan fingerprint density at radius 2 is 1.49 bits per heavy atom. The summed E-state index contributed by atoms with van der Waals surface area (Å²) < 4.78 is 20.2. The van der Waals surface area contributed by atoms with Gasteiger partial charge in [-0.15, -0.1) is 0 Å². The molecule has 0 fully saturated rings. The largest absolute Gasteiger partial charge is 0.513 e. The molecule has 9 heteroatoms. The van der Waals surface area contributed by atoms with Crippen LogP contribution in [0.4, 0.5) is 16.2 Å². The molecule has 3 aromatic rings. The SMILES string of the molecule is CCOC(=O)Oc1ccc(C(=O)Nc2cccc(NC(=O)Cc3ccc(OC)c(OC)c3)c2)cc1. The molecular formula is C26H26N2O7. The fraction of sp³-hybridized carbons (Fsp3) is 0.192. The highest BCUT2D eigenvalue weighted by molar-refractivity contribution is 6.04. The van der Waals surface area contributed by atoms with Crippen LogP contribution in [0.1, 0.15) is 22.8 Å². The number of anilines is 2. The molecule has 182 valence electrons. The van der Waals surface area contributed by atoms with Crippen LogP contribution in [0, 0.1) is 0 Å². The summed E-state index contributed by atoms with van der Waals surface area (Å²) in [6.45, 7) is 1.88. The maximum atomic E-state index is 12.6. The molecule has 2 amide bonds. The summed E-state index contributed by atoms with van der Waals surface area (Å²) in [6, 6.07) is 18.1. The van der Waals surface area contributed by atoms with Crippen molar-refractivity contribution in [3.63, 3.8) is 0 Å². The lowest BCUT2D eigenvalue weighted by Gasteiger charge is -2.11. The van der Waals surface area contributed by atoms with Crippen LogP contribution in [0.15, 0.2) is 66.7 Å². The minimum atomic E-state index is -0.810. The maximum absolute atomic E-state index is 12.6. The molecule has 2 N–H and O–H groups in total. The van der Waals surface area contributed by atoms with E-state index >= 15 is 0 Å². The van der Waals surface area contributed by atoms with E-state index in [0.717, 1.165) is 5.56 Å². The molecular weight excluding hydrogens is 452 g/mol. The van der Waals surface area contributed by atoms with Gasteiger partial charge in [0.1, 0.15) is 5.75 Å². The Morgan fingerprint density at radius 3 is 2.14 bits per heavy atom. The molecule has 9 nitrogen and oxygen atoms in total. The first-order chi connectivity index (χ1) is 16.9. The molecule has 35 heavy (non-hydrogen) atoms. The van der Waals surface area contributed by atoms with Gasteiger partial charge in [0.25, 0.3) is 5.91 Å². The fourth-order valence-corrected chi connectivity index (χ4v) is 3.18. The first-order valence-electron chi connectivity index (χ1n) is 10.8. The van der Waals surface area contributed by atoms with E-state index in [-0.39, 0.29) is 30.6 Å². The zero-order chi connectivity index (χ0) is 25.2. The van der Waals surface area contributed by atoms with Crippen molar-refractivity contribution in [2.24, 2.45) is 0 Å². The van der Waals surface area contributed by atoms with E-state index in [2.05, 4.69) is 10.6 Å². The summed E-state index contributed by atoms with van der Waals surface area (Å²) >= 11 is 0. The van der Waals surface area contributed by atoms with E-state index in [0.29, 0.717) is 28.4 Å². The summed E-state index contributed by atoms with van der Waals surface area (Å²) in [6.07, 6.45) is -0.674. The molecule has 0 bridgehead atoms. The Labute approximate surface area is 203 Å². The number of benzene rings is 3. The van der Waals surface area contributed by atoms with Gasteiger partial charge >= 0.3 is 6.16 Å². The second kappa shape index (κ2) is 12.1. The smallest absolute Gasteiger partial charge is 0.493 e. The van der Waals surface area contributed by atoms with Crippen LogP contribution in [0.5, 0.6) is 17.2 Å². The number of nitrogens with one attached hydrogen (secondary N) is 2. The van der Waals surface area contributed by atoms with Crippen molar-refractivity contribution in [1.29, 1.82) is 0 Å². The molecule has 3 aromatic carbocycles. The van der Waals surface area contributed by atoms with Gasteiger partial charge in [0.15, 0.2) is 11.5 Å². The van der Waals surface area contributed by atoms with Gasteiger partial charge in [-0.05, 0) is 67.1 Å². The number of carbonyl (C=O) groups excluding carboxylic acids is 3. The van der Waals surface area contributed by atoms with Crippen LogP contribution >= 0.6 is 0 Å². The van der Waals surface area contributed by atoms with Crippen molar-refractivity contribution in [2.75, 3.05) is 31.5 Å². The quantitative estimate of drug-likeness (QED) is 0.339. The molecule has 0 aromatic heterocycles. The number of amides is 2. The molecule has 0 unspecified atom stereocenters. The van der Waals surface area contributed by atoms with E-state index in [1.54, 1.807) is 56.5 Å². The first kappa shape index (κ1) is 25.1. The van der Waals surface area contributed by atoms with Crippen molar-refractivity contribution in [3.05, 3.63) is 77.9 Å². The van der Waals surface area contributed by atoms with E-state index in [4.69, 9.17) is 18.9 Å². The Bertz CT molecular complexity index is 1190. The second-order valence-electron chi connectivity index (χ2n) is 7.26. The fourth-order valence-electron chi connectivity index (χ4n) is 3.18. The van der Waals surface area contributed by atoms with Gasteiger partial charge in [-0.1, -0.05) is 12.1 Å². The standard InChI is InChI=1S/C26H26N2O7/c1-4-34-26(31)35-21-11-9-18(10-12-21)25(30)28-20-7-5-6-19(16-20)27-24(29)15-17-8-13-22(32-2)23(14-17)33-3/h5-14,16H,4,15H2,1-3H3,(H,27,29)(H,28,30). The molecule has 0 saturated heterocycles. The Morgan fingerprint density at radius 1 is 0.800 bits per heavy atom. The lowest BCUT2D eigenvalue weighted by atomic mass is 10.1. The molecule has 0 aliphatic carbocycles. The number of methoxy groups -OCH3 is 2. The third kappa shape index (κ3) is 7.23.